The molecular weight excluding hydrogens is 358 g/mol. The molecule has 29 heavy (non-hydrogen) atoms. The number of carbonyl (C=O) groups is 1. The molecule has 0 N–H and O–H groups in total. The van der Waals surface area contributed by atoms with E-state index in [1.54, 1.807) is 19.1 Å². The summed E-state index contributed by atoms with van der Waals surface area (Å²) >= 11 is 0. The third-order valence-electron chi connectivity index (χ3n) is 6.06. The van der Waals surface area contributed by atoms with Crippen LogP contribution in [0.25, 0.3) is 0 Å². The van der Waals surface area contributed by atoms with Crippen LogP contribution in [0.3, 0.4) is 0 Å². The lowest BCUT2D eigenvalue weighted by molar-refractivity contribution is 0.0526. The van der Waals surface area contributed by atoms with Gasteiger partial charge < -0.3 is 4.74 Å². The zero-order chi connectivity index (χ0) is 21.2. The number of esters is 1. The Hall–Kier alpha value is -2.60. The summed E-state index contributed by atoms with van der Waals surface area (Å²) in [5.74, 6) is 6.16. The maximum Gasteiger partial charge on any atom is 0.339 e. The Morgan fingerprint density at radius 1 is 1.03 bits per heavy atom. The van der Waals surface area contributed by atoms with Crippen molar-refractivity contribution < 1.29 is 9.53 Å². The molecule has 0 saturated carbocycles. The number of nitrogens with zero attached hydrogens (tertiary/aromatic N) is 1. The van der Waals surface area contributed by atoms with Gasteiger partial charge in [0.1, 0.15) is 5.69 Å². The monoisotopic (exact) mass is 389 g/mol. The molecule has 0 atom stereocenters. The first kappa shape index (κ1) is 21.1. The molecule has 0 unspecified atom stereocenters. The Labute approximate surface area is 174 Å². The van der Waals surface area contributed by atoms with Gasteiger partial charge >= 0.3 is 5.97 Å². The number of hydrogen-bond donors (Lipinski definition) is 0. The first-order valence-corrected chi connectivity index (χ1v) is 10.5. The van der Waals surface area contributed by atoms with Crippen LogP contribution in [-0.2, 0) is 22.0 Å². The molecule has 3 nitrogen and oxygen atoms in total. The van der Waals surface area contributed by atoms with Gasteiger partial charge in [-0.05, 0) is 77.8 Å². The van der Waals surface area contributed by atoms with Crippen molar-refractivity contribution in [3.05, 3.63) is 64.0 Å². The van der Waals surface area contributed by atoms with E-state index in [1.807, 2.05) is 0 Å². The van der Waals surface area contributed by atoms with Gasteiger partial charge in [-0.25, -0.2) is 9.78 Å². The van der Waals surface area contributed by atoms with E-state index in [4.69, 9.17) is 4.74 Å². The minimum Gasteiger partial charge on any atom is -0.462 e. The van der Waals surface area contributed by atoms with Crippen molar-refractivity contribution in [2.75, 3.05) is 6.61 Å². The lowest BCUT2D eigenvalue weighted by Gasteiger charge is -2.42. The summed E-state index contributed by atoms with van der Waals surface area (Å²) in [5.41, 5.74) is 6.70. The summed E-state index contributed by atoms with van der Waals surface area (Å²) in [7, 11) is 0. The molecule has 0 bridgehead atoms. The van der Waals surface area contributed by atoms with Crippen molar-refractivity contribution in [3.63, 3.8) is 0 Å². The fraction of sp³-hybridized carbons (Fsp3) is 0.462. The summed E-state index contributed by atoms with van der Waals surface area (Å²) in [5, 5.41) is 0. The number of aromatic nitrogens is 1. The zero-order valence-electron chi connectivity index (χ0n) is 18.5. The number of pyridine rings is 1. The molecule has 0 spiro atoms. The van der Waals surface area contributed by atoms with Gasteiger partial charge in [0.2, 0.25) is 0 Å². The van der Waals surface area contributed by atoms with E-state index < -0.39 is 0 Å². The molecule has 0 amide bonds. The molecule has 3 heteroatoms. The van der Waals surface area contributed by atoms with Crippen LogP contribution in [0.5, 0.6) is 0 Å². The second kappa shape index (κ2) is 8.03. The summed E-state index contributed by atoms with van der Waals surface area (Å²) in [6.45, 7) is 13.7. The van der Waals surface area contributed by atoms with Gasteiger partial charge in [-0.3, -0.25) is 0 Å². The summed E-state index contributed by atoms with van der Waals surface area (Å²) in [6.07, 6.45) is 4.87. The van der Waals surface area contributed by atoms with Crippen LogP contribution in [0.15, 0.2) is 30.5 Å². The first-order chi connectivity index (χ1) is 13.7. The van der Waals surface area contributed by atoms with E-state index >= 15 is 0 Å². The summed E-state index contributed by atoms with van der Waals surface area (Å²) in [4.78, 5) is 16.1. The second-order valence-electron chi connectivity index (χ2n) is 9.08. The number of fused-ring (bicyclic) bond motifs is 1. The third kappa shape index (κ3) is 4.37. The van der Waals surface area contributed by atoms with E-state index in [0.29, 0.717) is 17.9 Å². The van der Waals surface area contributed by atoms with Crippen molar-refractivity contribution in [1.29, 1.82) is 0 Å². The summed E-state index contributed by atoms with van der Waals surface area (Å²) in [6, 6.07) is 8.16. The van der Waals surface area contributed by atoms with Crippen molar-refractivity contribution in [1.82, 2.24) is 4.98 Å². The number of benzene rings is 1. The fourth-order valence-corrected chi connectivity index (χ4v) is 4.00. The lowest BCUT2D eigenvalue weighted by Crippen LogP contribution is -2.34. The van der Waals surface area contributed by atoms with E-state index in [9.17, 15) is 4.79 Å². The number of rotatable bonds is 3. The van der Waals surface area contributed by atoms with Crippen molar-refractivity contribution in [3.8, 4) is 11.8 Å². The molecule has 1 aromatic heterocycles. The Kier molecular flexibility index (Phi) is 5.85. The molecule has 0 radical (unpaired) electrons. The molecule has 3 rings (SSSR count). The average molecular weight is 390 g/mol. The molecule has 2 aromatic rings. The van der Waals surface area contributed by atoms with E-state index in [2.05, 4.69) is 63.6 Å². The molecular formula is C26H31NO2. The molecule has 1 heterocycles. The predicted molar refractivity (Wildman–Crippen MR) is 117 cm³/mol. The van der Waals surface area contributed by atoms with Crippen LogP contribution < -0.4 is 0 Å². The van der Waals surface area contributed by atoms with Crippen LogP contribution in [-0.4, -0.2) is 17.6 Å². The smallest absolute Gasteiger partial charge is 0.339 e. The normalized spacial score (nSPS) is 16.3. The van der Waals surface area contributed by atoms with E-state index in [1.165, 1.54) is 35.7 Å². The first-order valence-electron chi connectivity index (χ1n) is 10.5. The summed E-state index contributed by atoms with van der Waals surface area (Å²) < 4.78 is 5.00. The minimum absolute atomic E-state index is 0.160. The predicted octanol–water partition coefficient (Wildman–Crippen LogP) is 5.57. The van der Waals surface area contributed by atoms with Crippen molar-refractivity contribution in [2.45, 2.75) is 71.6 Å². The van der Waals surface area contributed by atoms with Gasteiger partial charge in [0, 0.05) is 11.8 Å². The lowest BCUT2D eigenvalue weighted by atomic mass is 9.62. The highest BCUT2D eigenvalue weighted by molar-refractivity contribution is 5.89. The van der Waals surface area contributed by atoms with Crippen LogP contribution in [0.1, 0.15) is 92.7 Å². The van der Waals surface area contributed by atoms with Gasteiger partial charge in [-0.15, -0.1) is 0 Å². The minimum atomic E-state index is -0.354. The molecule has 0 aliphatic heterocycles. The maximum absolute atomic E-state index is 11.8. The third-order valence-corrected chi connectivity index (χ3v) is 6.06. The van der Waals surface area contributed by atoms with Crippen LogP contribution in [0.2, 0.25) is 0 Å². The zero-order valence-corrected chi connectivity index (χ0v) is 18.5. The maximum atomic E-state index is 11.8. The van der Waals surface area contributed by atoms with E-state index in [-0.39, 0.29) is 16.8 Å². The second-order valence-corrected chi connectivity index (χ2v) is 9.08. The molecule has 1 aromatic carbocycles. The molecule has 1 aliphatic carbocycles. The number of carbonyl (C=O) groups excluding carboxylic acids is 1. The largest absolute Gasteiger partial charge is 0.462 e. The van der Waals surface area contributed by atoms with Gasteiger partial charge in [0.05, 0.1) is 12.2 Å². The standard InChI is InChI=1S/C26H31NO2/c1-7-18-15-22-23(26(5,6)14-13-25(22,3)4)16-19(18)9-11-21-12-10-20(17-27-21)24(28)29-8-2/h10,12,15-17H,7-8,13-14H2,1-6H3. The number of ether oxygens (including phenoxy) is 1. The highest BCUT2D eigenvalue weighted by atomic mass is 16.5. The Balaban J connectivity index is 1.98. The topological polar surface area (TPSA) is 39.2 Å². The fourth-order valence-electron chi connectivity index (χ4n) is 4.00. The number of hydrogen-bond acceptors (Lipinski definition) is 3. The Morgan fingerprint density at radius 2 is 1.69 bits per heavy atom. The van der Waals surface area contributed by atoms with Gasteiger partial charge in [-0.2, -0.15) is 0 Å². The van der Waals surface area contributed by atoms with Gasteiger partial charge in [0.15, 0.2) is 0 Å². The quantitative estimate of drug-likeness (QED) is 0.509. The molecule has 0 fully saturated rings. The molecule has 1 aliphatic rings. The van der Waals surface area contributed by atoms with Crippen LogP contribution in [0, 0.1) is 11.8 Å². The SMILES string of the molecule is CCOC(=O)c1ccc(C#Cc2cc3c(cc2CC)C(C)(C)CCC3(C)C)nc1. The Bertz CT molecular complexity index is 972. The molecule has 152 valence electrons. The van der Waals surface area contributed by atoms with Gasteiger partial charge in [0.25, 0.3) is 0 Å². The van der Waals surface area contributed by atoms with Crippen LogP contribution in [0.4, 0.5) is 0 Å². The average Bonchev–Trinajstić information content (AvgIpc) is 2.70. The van der Waals surface area contributed by atoms with E-state index in [0.717, 1.165) is 12.0 Å². The Morgan fingerprint density at radius 3 is 2.24 bits per heavy atom. The van der Waals surface area contributed by atoms with Gasteiger partial charge in [-0.1, -0.05) is 46.6 Å². The van der Waals surface area contributed by atoms with Crippen molar-refractivity contribution >= 4 is 5.97 Å². The van der Waals surface area contributed by atoms with Crippen molar-refractivity contribution in [2.24, 2.45) is 0 Å². The van der Waals surface area contributed by atoms with Crippen LogP contribution >= 0.6 is 0 Å². The number of aryl methyl sites for hydroxylation is 1. The highest BCUT2D eigenvalue weighted by Gasteiger charge is 2.37. The molecule has 0 saturated heterocycles. The highest BCUT2D eigenvalue weighted by Crippen LogP contribution is 2.46.